The van der Waals surface area contributed by atoms with Crippen LogP contribution in [0, 0.1) is 0 Å². The lowest BCUT2D eigenvalue weighted by molar-refractivity contribution is -0.123. The zero-order valence-corrected chi connectivity index (χ0v) is 18.2. The summed E-state index contributed by atoms with van der Waals surface area (Å²) in [7, 11) is 1.63. The van der Waals surface area contributed by atoms with E-state index in [1.54, 1.807) is 7.11 Å². The molecule has 0 radical (unpaired) electrons. The molecule has 0 aliphatic carbocycles. The summed E-state index contributed by atoms with van der Waals surface area (Å²) in [5, 5.41) is 2.99. The van der Waals surface area contributed by atoms with Crippen molar-refractivity contribution in [1.82, 2.24) is 5.32 Å². The summed E-state index contributed by atoms with van der Waals surface area (Å²) in [6.45, 7) is 4.06. The Bertz CT molecular complexity index is 789. The number of methoxy groups -OCH3 is 1. The maximum atomic E-state index is 12.3. The number of hydrogen-bond donors (Lipinski definition) is 1. The summed E-state index contributed by atoms with van der Waals surface area (Å²) in [4.78, 5) is 12.3. The van der Waals surface area contributed by atoms with Gasteiger partial charge in [-0.05, 0) is 42.2 Å². The van der Waals surface area contributed by atoms with E-state index in [0.29, 0.717) is 16.1 Å². The minimum atomic E-state index is -0.153. The first-order chi connectivity index (χ1) is 13.6. The highest BCUT2D eigenvalue weighted by Gasteiger charge is 2.20. The molecule has 0 aromatic heterocycles. The zero-order valence-electron chi connectivity index (χ0n) is 16.6. The molecular formula is C22H27NO3S2. The lowest BCUT2D eigenvalue weighted by Gasteiger charge is -2.17. The summed E-state index contributed by atoms with van der Waals surface area (Å²) in [6.07, 6.45) is 1.01. The molecule has 0 bridgehead atoms. The molecule has 1 fully saturated rings. The Balaban J connectivity index is 1.55. The van der Waals surface area contributed by atoms with Gasteiger partial charge in [-0.1, -0.05) is 37.3 Å². The summed E-state index contributed by atoms with van der Waals surface area (Å²) >= 11 is 3.90. The molecule has 1 amide bonds. The van der Waals surface area contributed by atoms with Crippen LogP contribution in [0.4, 0.5) is 0 Å². The standard InChI is InChI=1S/C22H27NO3S2/c1-4-16-5-7-17(8-6-16)15(2)23-21(24)14-26-19-10-9-18(13-20(19)25-3)22-27-11-12-28-22/h5-10,13,15,22H,4,11-12,14H2,1-3H3,(H,23,24)/t15-/m0/s1. The van der Waals surface area contributed by atoms with Crippen LogP contribution in [0.15, 0.2) is 42.5 Å². The average molecular weight is 418 g/mol. The number of carbonyl (C=O) groups is 1. The predicted octanol–water partition coefficient (Wildman–Crippen LogP) is 4.99. The first-order valence-electron chi connectivity index (χ1n) is 9.53. The second kappa shape index (κ2) is 10.1. The van der Waals surface area contributed by atoms with Crippen LogP contribution < -0.4 is 14.8 Å². The molecule has 0 unspecified atom stereocenters. The second-order valence-electron chi connectivity index (χ2n) is 6.66. The fourth-order valence-electron chi connectivity index (χ4n) is 3.05. The molecule has 3 rings (SSSR count). The van der Waals surface area contributed by atoms with Crippen molar-refractivity contribution >= 4 is 29.4 Å². The molecule has 0 saturated carbocycles. The van der Waals surface area contributed by atoms with Crippen LogP contribution in [-0.2, 0) is 11.2 Å². The molecule has 1 aliphatic rings. The number of carbonyl (C=O) groups excluding carboxylic acids is 1. The summed E-state index contributed by atoms with van der Waals surface area (Å²) in [5.41, 5.74) is 3.60. The second-order valence-corrected chi connectivity index (χ2v) is 9.38. The number of rotatable bonds is 8. The number of benzene rings is 2. The Kier molecular flexibility index (Phi) is 7.57. The molecule has 6 heteroatoms. The van der Waals surface area contributed by atoms with Gasteiger partial charge in [0, 0.05) is 11.5 Å². The molecule has 28 heavy (non-hydrogen) atoms. The van der Waals surface area contributed by atoms with Crippen molar-refractivity contribution in [2.75, 3.05) is 25.2 Å². The van der Waals surface area contributed by atoms with E-state index in [9.17, 15) is 4.79 Å². The maximum absolute atomic E-state index is 12.3. The SMILES string of the molecule is CCc1ccc([C@H](C)NC(=O)COc2ccc(C3SCCS3)cc2OC)cc1. The number of hydrogen-bond acceptors (Lipinski definition) is 5. The predicted molar refractivity (Wildman–Crippen MR) is 119 cm³/mol. The Hall–Kier alpha value is -1.79. The van der Waals surface area contributed by atoms with Crippen molar-refractivity contribution in [3.63, 3.8) is 0 Å². The molecule has 4 nitrogen and oxygen atoms in total. The first-order valence-corrected chi connectivity index (χ1v) is 11.6. The number of thioether (sulfide) groups is 2. The van der Waals surface area contributed by atoms with E-state index >= 15 is 0 Å². The quantitative estimate of drug-likeness (QED) is 0.655. The number of nitrogens with one attached hydrogen (secondary N) is 1. The van der Waals surface area contributed by atoms with Gasteiger partial charge in [-0.25, -0.2) is 0 Å². The normalized spacial score (nSPS) is 15.2. The van der Waals surface area contributed by atoms with Gasteiger partial charge in [0.1, 0.15) is 0 Å². The van der Waals surface area contributed by atoms with E-state index < -0.39 is 0 Å². The highest BCUT2D eigenvalue weighted by Crippen LogP contribution is 2.46. The molecule has 1 saturated heterocycles. The van der Waals surface area contributed by atoms with Crippen molar-refractivity contribution in [3.05, 3.63) is 59.2 Å². The smallest absolute Gasteiger partial charge is 0.258 e. The van der Waals surface area contributed by atoms with E-state index in [-0.39, 0.29) is 18.6 Å². The van der Waals surface area contributed by atoms with Gasteiger partial charge in [0.05, 0.1) is 17.7 Å². The summed E-state index contributed by atoms with van der Waals surface area (Å²) in [5.74, 6) is 3.46. The largest absolute Gasteiger partial charge is 0.493 e. The van der Waals surface area contributed by atoms with Gasteiger partial charge in [0.25, 0.3) is 5.91 Å². The van der Waals surface area contributed by atoms with Crippen molar-refractivity contribution in [2.45, 2.75) is 30.9 Å². The van der Waals surface area contributed by atoms with Gasteiger partial charge in [0.2, 0.25) is 0 Å². The van der Waals surface area contributed by atoms with Crippen molar-refractivity contribution < 1.29 is 14.3 Å². The number of amides is 1. The van der Waals surface area contributed by atoms with Crippen LogP contribution in [0.3, 0.4) is 0 Å². The van der Waals surface area contributed by atoms with Gasteiger partial charge in [-0.3, -0.25) is 4.79 Å². The molecule has 1 heterocycles. The highest BCUT2D eigenvalue weighted by molar-refractivity contribution is 8.19. The van der Waals surface area contributed by atoms with Crippen LogP contribution in [-0.4, -0.2) is 31.1 Å². The highest BCUT2D eigenvalue weighted by atomic mass is 32.2. The van der Waals surface area contributed by atoms with Crippen LogP contribution in [0.1, 0.15) is 41.2 Å². The average Bonchev–Trinajstić information content (AvgIpc) is 3.27. The van der Waals surface area contributed by atoms with E-state index in [1.807, 2.05) is 42.6 Å². The third kappa shape index (κ3) is 5.39. The molecule has 1 N–H and O–H groups in total. The van der Waals surface area contributed by atoms with Crippen molar-refractivity contribution in [2.24, 2.45) is 0 Å². The first kappa shape index (κ1) is 20.9. The Morgan fingerprint density at radius 1 is 1.14 bits per heavy atom. The topological polar surface area (TPSA) is 47.6 Å². The summed E-state index contributed by atoms with van der Waals surface area (Å²) < 4.78 is 11.7. The lowest BCUT2D eigenvalue weighted by Crippen LogP contribution is -2.31. The molecular weight excluding hydrogens is 390 g/mol. The molecule has 2 aromatic rings. The van der Waals surface area contributed by atoms with Gasteiger partial charge in [-0.2, -0.15) is 0 Å². The Morgan fingerprint density at radius 2 is 1.86 bits per heavy atom. The number of aryl methyl sites for hydroxylation is 1. The van der Waals surface area contributed by atoms with Gasteiger partial charge in [-0.15, -0.1) is 23.5 Å². The van der Waals surface area contributed by atoms with Crippen LogP contribution in [0.25, 0.3) is 0 Å². The molecule has 150 valence electrons. The van der Waals surface area contributed by atoms with Gasteiger partial charge in [0.15, 0.2) is 18.1 Å². The maximum Gasteiger partial charge on any atom is 0.258 e. The summed E-state index contributed by atoms with van der Waals surface area (Å²) in [6, 6.07) is 14.2. The van der Waals surface area contributed by atoms with E-state index in [2.05, 4.69) is 42.6 Å². The Morgan fingerprint density at radius 3 is 2.50 bits per heavy atom. The van der Waals surface area contributed by atoms with Crippen LogP contribution >= 0.6 is 23.5 Å². The Labute approximate surface area is 175 Å². The monoisotopic (exact) mass is 417 g/mol. The third-order valence-corrected chi connectivity index (χ3v) is 7.81. The van der Waals surface area contributed by atoms with Crippen molar-refractivity contribution in [3.8, 4) is 11.5 Å². The zero-order chi connectivity index (χ0) is 19.9. The van der Waals surface area contributed by atoms with Gasteiger partial charge >= 0.3 is 0 Å². The van der Waals surface area contributed by atoms with E-state index in [4.69, 9.17) is 9.47 Å². The minimum Gasteiger partial charge on any atom is -0.493 e. The van der Waals surface area contributed by atoms with E-state index in [1.165, 1.54) is 22.6 Å². The number of ether oxygens (including phenoxy) is 2. The van der Waals surface area contributed by atoms with Crippen LogP contribution in [0.2, 0.25) is 0 Å². The fourth-order valence-corrected chi connectivity index (χ4v) is 5.89. The minimum absolute atomic E-state index is 0.0416. The lowest BCUT2D eigenvalue weighted by atomic mass is 10.1. The molecule has 2 aromatic carbocycles. The van der Waals surface area contributed by atoms with E-state index in [0.717, 1.165) is 12.0 Å². The molecule has 0 spiro atoms. The van der Waals surface area contributed by atoms with Gasteiger partial charge < -0.3 is 14.8 Å². The molecule has 1 atom stereocenters. The van der Waals surface area contributed by atoms with Crippen LogP contribution in [0.5, 0.6) is 11.5 Å². The van der Waals surface area contributed by atoms with Crippen molar-refractivity contribution in [1.29, 1.82) is 0 Å². The third-order valence-electron chi connectivity index (χ3n) is 4.71. The fraction of sp³-hybridized carbons (Fsp3) is 0.409. The molecule has 1 aliphatic heterocycles.